The lowest BCUT2D eigenvalue weighted by atomic mass is 9.99. The van der Waals surface area contributed by atoms with Crippen LogP contribution >= 0.6 is 0 Å². The van der Waals surface area contributed by atoms with Crippen molar-refractivity contribution >= 4 is 9.04 Å². The molecule has 0 amide bonds. The summed E-state index contributed by atoms with van der Waals surface area (Å²) in [6.07, 6.45) is -1.95. The fourth-order valence-corrected chi connectivity index (χ4v) is 4.05. The summed E-state index contributed by atoms with van der Waals surface area (Å²) in [7, 11) is -0.00809. The van der Waals surface area contributed by atoms with Crippen LogP contribution in [0.2, 0.25) is 11.6 Å². The van der Waals surface area contributed by atoms with E-state index in [1.807, 2.05) is 12.1 Å². The summed E-state index contributed by atoms with van der Waals surface area (Å²) >= 11 is 0. The number of methoxy groups -OCH3 is 1. The second-order valence-electron chi connectivity index (χ2n) is 7.08. The van der Waals surface area contributed by atoms with Crippen LogP contribution in [0, 0.1) is 0 Å². The smallest absolute Gasteiger partial charge is 0.268 e. The minimum atomic E-state index is -2.51. The van der Waals surface area contributed by atoms with Crippen molar-refractivity contribution in [3.8, 4) is 0 Å². The Bertz CT molecular complexity index is 514. The van der Waals surface area contributed by atoms with E-state index >= 15 is 0 Å². The average molecular weight is 328 g/mol. The Morgan fingerprint density at radius 3 is 2.50 bits per heavy atom. The van der Waals surface area contributed by atoms with Crippen molar-refractivity contribution in [1.29, 1.82) is 0 Å². The van der Waals surface area contributed by atoms with E-state index in [1.54, 1.807) is 6.07 Å². The molecular formula is C17H26F2O2Si. The largest absolute Gasteiger partial charge is 0.413 e. The number of halogens is 2. The van der Waals surface area contributed by atoms with Crippen molar-refractivity contribution < 1.29 is 17.9 Å². The Morgan fingerprint density at radius 2 is 1.95 bits per heavy atom. The quantitative estimate of drug-likeness (QED) is 0.723. The van der Waals surface area contributed by atoms with Crippen LogP contribution in [0.15, 0.2) is 18.2 Å². The maximum absolute atomic E-state index is 13.2. The van der Waals surface area contributed by atoms with Gasteiger partial charge in [-0.1, -0.05) is 39.0 Å². The standard InChI is InChI=1S/C17H26F2O2Si/c1-17(2,3)22(5)21-14-10-9-11-12(14)7-6-8-13(11)15(20-4)16(18)19/h6-8,14-16,22H,9-10H2,1-5H3. The molecule has 2 rings (SSSR count). The molecule has 1 aromatic rings. The van der Waals surface area contributed by atoms with Crippen molar-refractivity contribution in [3.05, 3.63) is 34.9 Å². The number of ether oxygens (including phenoxy) is 1. The highest BCUT2D eigenvalue weighted by Crippen LogP contribution is 2.41. The molecule has 1 aromatic carbocycles. The second-order valence-corrected chi connectivity index (χ2v) is 10.4. The zero-order chi connectivity index (χ0) is 16.5. The Kier molecular flexibility index (Phi) is 5.40. The molecule has 5 heteroatoms. The first-order chi connectivity index (χ1) is 10.3. The van der Waals surface area contributed by atoms with Crippen molar-refractivity contribution in [3.63, 3.8) is 0 Å². The first kappa shape index (κ1) is 17.6. The van der Waals surface area contributed by atoms with Gasteiger partial charge in [-0.15, -0.1) is 0 Å². The van der Waals surface area contributed by atoms with E-state index in [4.69, 9.17) is 9.16 Å². The maximum atomic E-state index is 13.2. The topological polar surface area (TPSA) is 18.5 Å². The van der Waals surface area contributed by atoms with Crippen LogP contribution in [0.4, 0.5) is 8.78 Å². The Hall–Kier alpha value is -0.783. The van der Waals surface area contributed by atoms with Gasteiger partial charge in [0.1, 0.15) is 6.10 Å². The molecule has 22 heavy (non-hydrogen) atoms. The second kappa shape index (κ2) is 6.77. The predicted octanol–water partition coefficient (Wildman–Crippen LogP) is 4.80. The van der Waals surface area contributed by atoms with Gasteiger partial charge in [0.05, 0.1) is 6.10 Å². The molecular weight excluding hydrogens is 302 g/mol. The predicted molar refractivity (Wildman–Crippen MR) is 87.1 cm³/mol. The van der Waals surface area contributed by atoms with Crippen LogP contribution in [0.5, 0.6) is 0 Å². The van der Waals surface area contributed by atoms with Crippen LogP contribution < -0.4 is 0 Å². The van der Waals surface area contributed by atoms with Gasteiger partial charge in [0.15, 0.2) is 9.04 Å². The highest BCUT2D eigenvalue weighted by Gasteiger charge is 2.33. The van der Waals surface area contributed by atoms with E-state index in [1.165, 1.54) is 7.11 Å². The van der Waals surface area contributed by atoms with E-state index in [-0.39, 0.29) is 11.1 Å². The molecule has 0 spiro atoms. The van der Waals surface area contributed by atoms with Crippen LogP contribution in [-0.2, 0) is 15.6 Å². The van der Waals surface area contributed by atoms with Gasteiger partial charge in [-0.3, -0.25) is 0 Å². The van der Waals surface area contributed by atoms with E-state index in [0.717, 1.165) is 24.0 Å². The molecule has 0 heterocycles. The van der Waals surface area contributed by atoms with Crippen LogP contribution in [0.25, 0.3) is 0 Å². The van der Waals surface area contributed by atoms with Crippen molar-refractivity contribution in [2.75, 3.05) is 7.11 Å². The van der Waals surface area contributed by atoms with Crippen LogP contribution in [-0.4, -0.2) is 22.6 Å². The van der Waals surface area contributed by atoms with Gasteiger partial charge in [-0.25, -0.2) is 8.78 Å². The van der Waals surface area contributed by atoms with E-state index < -0.39 is 21.6 Å². The summed E-state index contributed by atoms with van der Waals surface area (Å²) in [5.41, 5.74) is 2.68. The van der Waals surface area contributed by atoms with E-state index in [2.05, 4.69) is 27.3 Å². The molecule has 1 aliphatic carbocycles. The Morgan fingerprint density at radius 1 is 1.27 bits per heavy atom. The van der Waals surface area contributed by atoms with E-state index in [0.29, 0.717) is 5.56 Å². The fraction of sp³-hybridized carbons (Fsp3) is 0.647. The number of rotatable bonds is 5. The molecule has 0 aliphatic heterocycles. The van der Waals surface area contributed by atoms with Crippen molar-refractivity contribution in [2.45, 2.75) is 63.8 Å². The van der Waals surface area contributed by atoms with E-state index in [9.17, 15) is 8.78 Å². The number of benzene rings is 1. The SMILES string of the molecule is COC(c1cccc2c1CCC2O[SiH](C)C(C)(C)C)C(F)F. The first-order valence-corrected chi connectivity index (χ1v) is 10.0. The summed E-state index contributed by atoms with van der Waals surface area (Å²) < 4.78 is 37.7. The lowest BCUT2D eigenvalue weighted by Crippen LogP contribution is -2.27. The average Bonchev–Trinajstić information content (AvgIpc) is 2.82. The third-order valence-electron chi connectivity index (χ3n) is 4.63. The van der Waals surface area contributed by atoms with Gasteiger partial charge < -0.3 is 9.16 Å². The molecule has 1 aliphatic rings. The lowest BCUT2D eigenvalue weighted by molar-refractivity contribution is -0.0347. The summed E-state index contributed by atoms with van der Waals surface area (Å²) in [6, 6.07) is 5.61. The third-order valence-corrected chi connectivity index (χ3v) is 7.81. The summed E-state index contributed by atoms with van der Waals surface area (Å²) in [4.78, 5) is 0. The minimum absolute atomic E-state index is 0.0472. The molecule has 0 bridgehead atoms. The highest BCUT2D eigenvalue weighted by molar-refractivity contribution is 6.53. The normalized spacial score (nSPS) is 21.0. The third kappa shape index (κ3) is 3.58. The fourth-order valence-electron chi connectivity index (χ4n) is 2.87. The number of hydrogen-bond acceptors (Lipinski definition) is 2. The first-order valence-electron chi connectivity index (χ1n) is 7.83. The van der Waals surface area contributed by atoms with Crippen molar-refractivity contribution in [2.24, 2.45) is 0 Å². The number of fused-ring (bicyclic) bond motifs is 1. The molecule has 0 radical (unpaired) electrons. The lowest BCUT2D eigenvalue weighted by Gasteiger charge is -2.29. The highest BCUT2D eigenvalue weighted by atomic mass is 28.3. The molecule has 3 unspecified atom stereocenters. The zero-order valence-corrected chi connectivity index (χ0v) is 15.2. The van der Waals surface area contributed by atoms with Gasteiger partial charge in [0.2, 0.25) is 0 Å². The minimum Gasteiger partial charge on any atom is -0.413 e. The summed E-state index contributed by atoms with van der Waals surface area (Å²) in [5, 5.41) is 0.193. The molecule has 124 valence electrons. The monoisotopic (exact) mass is 328 g/mol. The van der Waals surface area contributed by atoms with Crippen LogP contribution in [0.3, 0.4) is 0 Å². The van der Waals surface area contributed by atoms with Crippen molar-refractivity contribution in [1.82, 2.24) is 0 Å². The molecule has 0 saturated carbocycles. The molecule has 2 nitrogen and oxygen atoms in total. The van der Waals surface area contributed by atoms with Crippen LogP contribution in [0.1, 0.15) is 56.1 Å². The van der Waals surface area contributed by atoms with Gasteiger partial charge in [0, 0.05) is 7.11 Å². The zero-order valence-electron chi connectivity index (χ0n) is 14.0. The molecule has 0 N–H and O–H groups in total. The summed E-state index contributed by atoms with van der Waals surface area (Å²) in [6.45, 7) is 8.81. The Labute approximate surface area is 133 Å². The molecule has 0 saturated heterocycles. The number of alkyl halides is 2. The van der Waals surface area contributed by atoms with Gasteiger partial charge in [-0.2, -0.15) is 0 Å². The van der Waals surface area contributed by atoms with Gasteiger partial charge in [0.25, 0.3) is 6.43 Å². The van der Waals surface area contributed by atoms with Gasteiger partial charge in [-0.05, 0) is 41.1 Å². The van der Waals surface area contributed by atoms with Gasteiger partial charge >= 0.3 is 0 Å². The Balaban J connectivity index is 2.26. The molecule has 0 aromatic heterocycles. The summed E-state index contributed by atoms with van der Waals surface area (Å²) in [5.74, 6) is 0. The molecule has 0 fully saturated rings. The maximum Gasteiger partial charge on any atom is 0.268 e. The molecule has 3 atom stereocenters. The number of hydrogen-bond donors (Lipinski definition) is 0.